The predicted octanol–water partition coefficient (Wildman–Crippen LogP) is 4.74. The summed E-state index contributed by atoms with van der Waals surface area (Å²) in [4.78, 5) is 15.2. The zero-order valence-corrected chi connectivity index (χ0v) is 13.2. The second kappa shape index (κ2) is 7.11. The summed E-state index contributed by atoms with van der Waals surface area (Å²) in [6.45, 7) is 0. The molecule has 23 heavy (non-hydrogen) atoms. The van der Waals surface area contributed by atoms with Crippen LogP contribution in [0, 0.1) is 0 Å². The van der Waals surface area contributed by atoms with Crippen molar-refractivity contribution in [2.24, 2.45) is 0 Å². The number of thioether (sulfide) groups is 1. The Morgan fingerprint density at radius 1 is 0.957 bits per heavy atom. The van der Waals surface area contributed by atoms with Crippen molar-refractivity contribution in [2.75, 3.05) is 0 Å². The average molecular weight is 321 g/mol. The molecule has 0 aliphatic heterocycles. The predicted molar refractivity (Wildman–Crippen MR) is 92.6 cm³/mol. The first-order chi connectivity index (χ1) is 11.2. The third-order valence-electron chi connectivity index (χ3n) is 3.43. The Morgan fingerprint density at radius 3 is 2.39 bits per heavy atom. The Hall–Kier alpha value is -2.59. The van der Waals surface area contributed by atoms with Crippen molar-refractivity contribution in [1.82, 2.24) is 4.98 Å². The van der Waals surface area contributed by atoms with Gasteiger partial charge in [0.2, 0.25) is 0 Å². The number of rotatable bonds is 5. The van der Waals surface area contributed by atoms with Crippen molar-refractivity contribution in [3.63, 3.8) is 0 Å². The maximum Gasteiger partial charge on any atom is 0.335 e. The van der Waals surface area contributed by atoms with E-state index in [0.717, 1.165) is 21.9 Å². The number of pyridine rings is 1. The van der Waals surface area contributed by atoms with Crippen LogP contribution >= 0.6 is 11.8 Å². The van der Waals surface area contributed by atoms with Crippen molar-refractivity contribution < 1.29 is 9.90 Å². The van der Waals surface area contributed by atoms with Crippen LogP contribution in [0.5, 0.6) is 0 Å². The Balaban J connectivity index is 1.70. The first-order valence-corrected chi connectivity index (χ1v) is 8.17. The van der Waals surface area contributed by atoms with Crippen LogP contribution < -0.4 is 0 Å². The molecule has 0 unspecified atom stereocenters. The number of carboxylic acid groups (broad SMARTS) is 1. The Kier molecular flexibility index (Phi) is 4.74. The quantitative estimate of drug-likeness (QED) is 0.690. The van der Waals surface area contributed by atoms with Crippen LogP contribution in [0.1, 0.15) is 15.9 Å². The Labute approximate surface area is 139 Å². The molecule has 0 radical (unpaired) electrons. The molecule has 0 saturated heterocycles. The first kappa shape index (κ1) is 15.3. The number of hydrogen-bond acceptors (Lipinski definition) is 3. The van der Waals surface area contributed by atoms with E-state index in [2.05, 4.69) is 23.2 Å². The van der Waals surface area contributed by atoms with Gasteiger partial charge >= 0.3 is 5.97 Å². The molecule has 0 atom stereocenters. The van der Waals surface area contributed by atoms with E-state index in [1.807, 2.05) is 42.6 Å². The minimum atomic E-state index is -0.901. The standard InChI is InChI=1S/C19H15NO2S/c21-19(22)16-8-6-14(7-9-16)13-23-18-12-17(10-11-20-18)15-4-2-1-3-5-15/h1-12H,13H2,(H,21,22). The molecular weight excluding hydrogens is 306 g/mol. The molecule has 0 aliphatic carbocycles. The smallest absolute Gasteiger partial charge is 0.335 e. The van der Waals surface area contributed by atoms with Crippen LogP contribution in [0.4, 0.5) is 0 Å². The van der Waals surface area contributed by atoms with E-state index < -0.39 is 5.97 Å². The number of hydrogen-bond donors (Lipinski definition) is 1. The average Bonchev–Trinajstić information content (AvgIpc) is 2.61. The molecule has 2 aromatic carbocycles. The molecule has 3 aromatic rings. The van der Waals surface area contributed by atoms with Gasteiger partial charge in [-0.1, -0.05) is 42.5 Å². The molecule has 3 rings (SSSR count). The van der Waals surface area contributed by atoms with E-state index in [4.69, 9.17) is 5.11 Å². The van der Waals surface area contributed by atoms with Crippen molar-refractivity contribution in [1.29, 1.82) is 0 Å². The van der Waals surface area contributed by atoms with Crippen LogP contribution in [0.2, 0.25) is 0 Å². The highest BCUT2D eigenvalue weighted by atomic mass is 32.2. The van der Waals surface area contributed by atoms with Gasteiger partial charge in [0.05, 0.1) is 10.6 Å². The lowest BCUT2D eigenvalue weighted by atomic mass is 10.1. The molecule has 1 heterocycles. The summed E-state index contributed by atoms with van der Waals surface area (Å²) in [5.74, 6) is -0.146. The minimum Gasteiger partial charge on any atom is -0.478 e. The van der Waals surface area contributed by atoms with Crippen LogP contribution in [0.25, 0.3) is 11.1 Å². The van der Waals surface area contributed by atoms with Crippen molar-refractivity contribution in [3.8, 4) is 11.1 Å². The van der Waals surface area contributed by atoms with Crippen LogP contribution in [-0.2, 0) is 5.75 Å². The second-order valence-electron chi connectivity index (χ2n) is 5.04. The van der Waals surface area contributed by atoms with Crippen LogP contribution in [0.3, 0.4) is 0 Å². The zero-order valence-electron chi connectivity index (χ0n) is 12.3. The highest BCUT2D eigenvalue weighted by molar-refractivity contribution is 7.98. The van der Waals surface area contributed by atoms with Gasteiger partial charge in [-0.15, -0.1) is 11.8 Å². The largest absolute Gasteiger partial charge is 0.478 e. The zero-order chi connectivity index (χ0) is 16.1. The van der Waals surface area contributed by atoms with Crippen molar-refractivity contribution >= 4 is 17.7 Å². The van der Waals surface area contributed by atoms with Crippen LogP contribution in [0.15, 0.2) is 78.0 Å². The number of nitrogens with zero attached hydrogens (tertiary/aromatic N) is 1. The molecule has 1 aromatic heterocycles. The van der Waals surface area contributed by atoms with Crippen LogP contribution in [-0.4, -0.2) is 16.1 Å². The molecule has 0 spiro atoms. The summed E-state index contributed by atoms with van der Waals surface area (Å²) in [5, 5.41) is 9.86. The molecule has 1 N–H and O–H groups in total. The lowest BCUT2D eigenvalue weighted by molar-refractivity contribution is 0.0697. The van der Waals surface area contributed by atoms with Gasteiger partial charge < -0.3 is 5.11 Å². The summed E-state index contributed by atoms with van der Waals surface area (Å²) in [6, 6.07) is 21.2. The van der Waals surface area contributed by atoms with Gasteiger partial charge in [0, 0.05) is 11.9 Å². The molecule has 3 nitrogen and oxygen atoms in total. The molecule has 4 heteroatoms. The topological polar surface area (TPSA) is 50.2 Å². The van der Waals surface area contributed by atoms with Gasteiger partial charge in [-0.2, -0.15) is 0 Å². The second-order valence-corrected chi connectivity index (χ2v) is 6.04. The molecule has 0 saturated carbocycles. The number of carbonyl (C=O) groups is 1. The fraction of sp³-hybridized carbons (Fsp3) is 0.0526. The summed E-state index contributed by atoms with van der Waals surface area (Å²) in [6.07, 6.45) is 1.82. The molecule has 0 fully saturated rings. The maximum absolute atomic E-state index is 10.8. The third-order valence-corrected chi connectivity index (χ3v) is 4.43. The molecule has 0 amide bonds. The fourth-order valence-electron chi connectivity index (χ4n) is 2.20. The first-order valence-electron chi connectivity index (χ1n) is 7.19. The number of aromatic carboxylic acids is 1. The van der Waals surface area contributed by atoms with E-state index in [1.165, 1.54) is 5.56 Å². The van der Waals surface area contributed by atoms with Crippen molar-refractivity contribution in [2.45, 2.75) is 10.8 Å². The molecule has 0 bridgehead atoms. The van der Waals surface area contributed by atoms with Gasteiger partial charge in [0.25, 0.3) is 0 Å². The summed E-state index contributed by atoms with van der Waals surface area (Å²) in [7, 11) is 0. The van der Waals surface area contributed by atoms with E-state index in [9.17, 15) is 4.79 Å². The third kappa shape index (κ3) is 3.99. The van der Waals surface area contributed by atoms with E-state index in [0.29, 0.717) is 5.56 Å². The number of carboxylic acids is 1. The van der Waals surface area contributed by atoms with E-state index in [1.54, 1.807) is 23.9 Å². The normalized spacial score (nSPS) is 10.4. The highest BCUT2D eigenvalue weighted by Gasteiger charge is 2.04. The van der Waals surface area contributed by atoms with Gasteiger partial charge in [-0.05, 0) is 41.0 Å². The summed E-state index contributed by atoms with van der Waals surface area (Å²) >= 11 is 1.64. The summed E-state index contributed by atoms with van der Waals surface area (Å²) < 4.78 is 0. The lowest BCUT2D eigenvalue weighted by Crippen LogP contribution is -1.95. The maximum atomic E-state index is 10.8. The summed E-state index contributed by atoms with van der Waals surface area (Å²) in [5.41, 5.74) is 3.70. The molecular formula is C19H15NO2S. The van der Waals surface area contributed by atoms with E-state index in [-0.39, 0.29) is 0 Å². The molecule has 0 aliphatic rings. The van der Waals surface area contributed by atoms with Gasteiger partial charge in [0.15, 0.2) is 0 Å². The number of benzene rings is 2. The lowest BCUT2D eigenvalue weighted by Gasteiger charge is -2.05. The van der Waals surface area contributed by atoms with Gasteiger partial charge in [-0.3, -0.25) is 0 Å². The fourth-order valence-corrected chi connectivity index (χ4v) is 3.05. The monoisotopic (exact) mass is 321 g/mol. The van der Waals surface area contributed by atoms with Crippen molar-refractivity contribution in [3.05, 3.63) is 84.1 Å². The Bertz CT molecular complexity index is 801. The van der Waals surface area contributed by atoms with Gasteiger partial charge in [0.1, 0.15) is 0 Å². The minimum absolute atomic E-state index is 0.308. The van der Waals surface area contributed by atoms with E-state index >= 15 is 0 Å². The van der Waals surface area contributed by atoms with Gasteiger partial charge in [-0.25, -0.2) is 9.78 Å². The molecule has 114 valence electrons. The SMILES string of the molecule is O=C(O)c1ccc(CSc2cc(-c3ccccc3)ccn2)cc1. The Morgan fingerprint density at radius 2 is 1.70 bits per heavy atom. The number of aromatic nitrogens is 1. The highest BCUT2D eigenvalue weighted by Crippen LogP contribution is 2.26.